The van der Waals surface area contributed by atoms with Gasteiger partial charge in [-0.1, -0.05) is 18.2 Å². The molecule has 3 rings (SSSR count). The second-order valence-electron chi connectivity index (χ2n) is 5.14. The molecule has 24 heavy (non-hydrogen) atoms. The van der Waals surface area contributed by atoms with Gasteiger partial charge in [-0.2, -0.15) is 5.26 Å². The molecular formula is C19H14N4O. The number of carbonyl (C=O) groups is 1. The first kappa shape index (κ1) is 15.4. The fourth-order valence-corrected chi connectivity index (χ4v) is 2.21. The van der Waals surface area contributed by atoms with E-state index in [9.17, 15) is 4.79 Å². The number of nitriles is 1. The lowest BCUT2D eigenvalue weighted by atomic mass is 10.1. The molecule has 2 heterocycles. The summed E-state index contributed by atoms with van der Waals surface area (Å²) in [5.74, 6) is -0.221. The van der Waals surface area contributed by atoms with Crippen LogP contribution in [0.4, 0.5) is 0 Å². The highest BCUT2D eigenvalue weighted by Gasteiger charge is 2.06. The van der Waals surface area contributed by atoms with Crippen molar-refractivity contribution in [2.45, 2.75) is 6.54 Å². The molecule has 0 fully saturated rings. The molecule has 3 aromatic rings. The lowest BCUT2D eigenvalue weighted by molar-refractivity contribution is 0.0951. The van der Waals surface area contributed by atoms with Crippen molar-refractivity contribution in [1.82, 2.24) is 15.3 Å². The fourth-order valence-electron chi connectivity index (χ4n) is 2.21. The van der Waals surface area contributed by atoms with E-state index in [0.717, 1.165) is 17.0 Å². The SMILES string of the molecule is N#Cc1cccc(C(=O)NCc2ccc(-c3ccccn3)nc2)c1. The summed E-state index contributed by atoms with van der Waals surface area (Å²) < 4.78 is 0. The molecule has 0 bridgehead atoms. The van der Waals surface area contributed by atoms with Crippen molar-refractivity contribution in [3.8, 4) is 17.5 Å². The second kappa shape index (κ2) is 7.16. The van der Waals surface area contributed by atoms with E-state index in [2.05, 4.69) is 15.3 Å². The Morgan fingerprint density at radius 2 is 1.92 bits per heavy atom. The van der Waals surface area contributed by atoms with E-state index in [1.54, 1.807) is 36.7 Å². The second-order valence-corrected chi connectivity index (χ2v) is 5.14. The maximum atomic E-state index is 12.1. The standard InChI is InChI=1S/C19H14N4O/c20-11-14-4-3-5-16(10-14)19(24)23-13-15-7-8-18(22-12-15)17-6-1-2-9-21-17/h1-10,12H,13H2,(H,23,24). The van der Waals surface area contributed by atoms with Gasteiger partial charge in [0.2, 0.25) is 0 Å². The van der Waals surface area contributed by atoms with E-state index >= 15 is 0 Å². The molecule has 0 saturated carbocycles. The first-order valence-electron chi connectivity index (χ1n) is 7.41. The summed E-state index contributed by atoms with van der Waals surface area (Å²) in [5.41, 5.74) is 3.41. The molecule has 0 aliphatic rings. The van der Waals surface area contributed by atoms with Crippen molar-refractivity contribution in [3.05, 3.63) is 83.7 Å². The van der Waals surface area contributed by atoms with Gasteiger partial charge in [0, 0.05) is 24.5 Å². The number of hydrogen-bond donors (Lipinski definition) is 1. The van der Waals surface area contributed by atoms with E-state index in [1.165, 1.54) is 0 Å². The van der Waals surface area contributed by atoms with Gasteiger partial charge in [0.1, 0.15) is 0 Å². The van der Waals surface area contributed by atoms with Crippen LogP contribution in [0.3, 0.4) is 0 Å². The van der Waals surface area contributed by atoms with Crippen molar-refractivity contribution < 1.29 is 4.79 Å². The molecule has 116 valence electrons. The molecule has 0 radical (unpaired) electrons. The maximum absolute atomic E-state index is 12.1. The number of pyridine rings is 2. The smallest absolute Gasteiger partial charge is 0.251 e. The third-order valence-electron chi connectivity index (χ3n) is 3.46. The monoisotopic (exact) mass is 314 g/mol. The Hall–Kier alpha value is -3.52. The van der Waals surface area contributed by atoms with E-state index in [0.29, 0.717) is 17.7 Å². The number of nitrogens with one attached hydrogen (secondary N) is 1. The van der Waals surface area contributed by atoms with Crippen LogP contribution in [0, 0.1) is 11.3 Å². The number of hydrogen-bond acceptors (Lipinski definition) is 4. The zero-order valence-corrected chi connectivity index (χ0v) is 12.8. The van der Waals surface area contributed by atoms with Crippen LogP contribution in [0.15, 0.2) is 67.0 Å². The van der Waals surface area contributed by atoms with Gasteiger partial charge < -0.3 is 5.32 Å². The largest absolute Gasteiger partial charge is 0.348 e. The van der Waals surface area contributed by atoms with E-state index < -0.39 is 0 Å². The van der Waals surface area contributed by atoms with Crippen molar-refractivity contribution >= 4 is 5.91 Å². The highest BCUT2D eigenvalue weighted by Crippen LogP contribution is 2.13. The maximum Gasteiger partial charge on any atom is 0.251 e. The third kappa shape index (κ3) is 3.62. The molecule has 1 aromatic carbocycles. The molecule has 0 aliphatic carbocycles. The minimum absolute atomic E-state index is 0.221. The Bertz CT molecular complexity index is 883. The van der Waals surface area contributed by atoms with Crippen molar-refractivity contribution in [2.75, 3.05) is 0 Å². The molecule has 1 amide bonds. The van der Waals surface area contributed by atoms with Gasteiger partial charge in [-0.25, -0.2) is 0 Å². The summed E-state index contributed by atoms with van der Waals surface area (Å²) >= 11 is 0. The lowest BCUT2D eigenvalue weighted by Gasteiger charge is -2.06. The van der Waals surface area contributed by atoms with E-state index in [4.69, 9.17) is 5.26 Å². The van der Waals surface area contributed by atoms with Crippen LogP contribution < -0.4 is 5.32 Å². The summed E-state index contributed by atoms with van der Waals surface area (Å²) in [6.45, 7) is 0.366. The third-order valence-corrected chi connectivity index (χ3v) is 3.46. The predicted molar refractivity (Wildman–Crippen MR) is 89.8 cm³/mol. The number of amides is 1. The Morgan fingerprint density at radius 3 is 2.62 bits per heavy atom. The van der Waals surface area contributed by atoms with Gasteiger partial charge in [-0.05, 0) is 42.0 Å². The molecule has 2 aromatic heterocycles. The zero-order chi connectivity index (χ0) is 16.8. The highest BCUT2D eigenvalue weighted by molar-refractivity contribution is 5.94. The van der Waals surface area contributed by atoms with Crippen LogP contribution in [0.25, 0.3) is 11.4 Å². The van der Waals surface area contributed by atoms with Crippen LogP contribution >= 0.6 is 0 Å². The predicted octanol–water partition coefficient (Wildman–Crippen LogP) is 2.95. The number of carbonyl (C=O) groups excluding carboxylic acids is 1. The summed E-state index contributed by atoms with van der Waals surface area (Å²) in [6.07, 6.45) is 3.44. The van der Waals surface area contributed by atoms with E-state index in [-0.39, 0.29) is 5.91 Å². The fraction of sp³-hybridized carbons (Fsp3) is 0.0526. The normalized spacial score (nSPS) is 9.96. The average Bonchev–Trinajstić information content (AvgIpc) is 2.67. The Morgan fingerprint density at radius 1 is 1.04 bits per heavy atom. The summed E-state index contributed by atoms with van der Waals surface area (Å²) in [7, 11) is 0. The average molecular weight is 314 g/mol. The Labute approximate surface area is 139 Å². The number of benzene rings is 1. The molecule has 0 saturated heterocycles. The molecule has 0 spiro atoms. The Balaban J connectivity index is 1.64. The van der Waals surface area contributed by atoms with Gasteiger partial charge >= 0.3 is 0 Å². The first-order chi connectivity index (χ1) is 11.8. The van der Waals surface area contributed by atoms with Crippen molar-refractivity contribution in [2.24, 2.45) is 0 Å². The van der Waals surface area contributed by atoms with Gasteiger partial charge in [0.15, 0.2) is 0 Å². The van der Waals surface area contributed by atoms with Crippen molar-refractivity contribution in [3.63, 3.8) is 0 Å². The molecule has 0 unspecified atom stereocenters. The molecule has 0 atom stereocenters. The molecule has 5 heteroatoms. The summed E-state index contributed by atoms with van der Waals surface area (Å²) in [6, 6.07) is 18.1. The number of rotatable bonds is 4. The molecule has 0 aliphatic heterocycles. The lowest BCUT2D eigenvalue weighted by Crippen LogP contribution is -2.22. The topological polar surface area (TPSA) is 78.7 Å². The molecular weight excluding hydrogens is 300 g/mol. The van der Waals surface area contributed by atoms with Crippen LogP contribution in [0.1, 0.15) is 21.5 Å². The number of aromatic nitrogens is 2. The summed E-state index contributed by atoms with van der Waals surface area (Å²) in [4.78, 5) is 20.7. The van der Waals surface area contributed by atoms with Crippen LogP contribution in [-0.2, 0) is 6.54 Å². The Kier molecular flexibility index (Phi) is 4.59. The minimum Gasteiger partial charge on any atom is -0.348 e. The number of nitrogens with zero attached hydrogens (tertiary/aromatic N) is 3. The summed E-state index contributed by atoms with van der Waals surface area (Å²) in [5, 5.41) is 11.7. The first-order valence-corrected chi connectivity index (χ1v) is 7.41. The van der Waals surface area contributed by atoms with Crippen LogP contribution in [0.5, 0.6) is 0 Å². The van der Waals surface area contributed by atoms with Gasteiger partial charge in [-0.3, -0.25) is 14.8 Å². The molecule has 5 nitrogen and oxygen atoms in total. The van der Waals surface area contributed by atoms with Crippen molar-refractivity contribution in [1.29, 1.82) is 5.26 Å². The van der Waals surface area contributed by atoms with Crippen LogP contribution in [-0.4, -0.2) is 15.9 Å². The van der Waals surface area contributed by atoms with Gasteiger partial charge in [-0.15, -0.1) is 0 Å². The van der Waals surface area contributed by atoms with Gasteiger partial charge in [0.25, 0.3) is 5.91 Å². The minimum atomic E-state index is -0.221. The quantitative estimate of drug-likeness (QED) is 0.803. The highest BCUT2D eigenvalue weighted by atomic mass is 16.1. The van der Waals surface area contributed by atoms with Gasteiger partial charge in [0.05, 0.1) is 23.0 Å². The van der Waals surface area contributed by atoms with Crippen LogP contribution in [0.2, 0.25) is 0 Å². The van der Waals surface area contributed by atoms with E-state index in [1.807, 2.05) is 36.4 Å². The molecule has 1 N–H and O–H groups in total. The zero-order valence-electron chi connectivity index (χ0n) is 12.8.